The summed E-state index contributed by atoms with van der Waals surface area (Å²) in [5.41, 5.74) is 3.11. The van der Waals surface area contributed by atoms with Gasteiger partial charge in [0.15, 0.2) is 0 Å². The summed E-state index contributed by atoms with van der Waals surface area (Å²) in [6.45, 7) is 2.33. The molecular formula is C17H18ClN5O. The molecule has 0 radical (unpaired) electrons. The predicted octanol–water partition coefficient (Wildman–Crippen LogP) is 2.42. The smallest absolute Gasteiger partial charge is 0.254 e. The SMILES string of the molecule is O=C(c1ccc2c(c1)NCC2)N1CC[C@@H](Nc2ncc(Cl)cn2)C1. The molecule has 1 aromatic heterocycles. The van der Waals surface area contributed by atoms with E-state index >= 15 is 0 Å². The predicted molar refractivity (Wildman–Crippen MR) is 93.6 cm³/mol. The Labute approximate surface area is 145 Å². The van der Waals surface area contributed by atoms with Crippen LogP contribution in [0.15, 0.2) is 30.6 Å². The quantitative estimate of drug-likeness (QED) is 0.895. The van der Waals surface area contributed by atoms with Crippen molar-refractivity contribution in [2.45, 2.75) is 18.9 Å². The van der Waals surface area contributed by atoms with E-state index in [-0.39, 0.29) is 11.9 Å². The topological polar surface area (TPSA) is 70.2 Å². The molecule has 2 aliphatic heterocycles. The summed E-state index contributed by atoms with van der Waals surface area (Å²) in [7, 11) is 0. The number of halogens is 1. The summed E-state index contributed by atoms with van der Waals surface area (Å²) in [5, 5.41) is 7.09. The normalized spacial score (nSPS) is 19.0. The van der Waals surface area contributed by atoms with Gasteiger partial charge in [0.25, 0.3) is 5.91 Å². The molecule has 1 fully saturated rings. The van der Waals surface area contributed by atoms with Gasteiger partial charge in [-0.2, -0.15) is 0 Å². The number of rotatable bonds is 3. The molecule has 7 heteroatoms. The lowest BCUT2D eigenvalue weighted by Gasteiger charge is -2.17. The summed E-state index contributed by atoms with van der Waals surface area (Å²) in [6.07, 6.45) is 5.03. The third-order valence-electron chi connectivity index (χ3n) is 4.50. The number of hydrogen-bond acceptors (Lipinski definition) is 5. The van der Waals surface area contributed by atoms with Crippen LogP contribution in [0.4, 0.5) is 11.6 Å². The average Bonchev–Trinajstić information content (AvgIpc) is 3.24. The van der Waals surface area contributed by atoms with Crippen LogP contribution >= 0.6 is 11.6 Å². The zero-order valence-corrected chi connectivity index (χ0v) is 13.9. The van der Waals surface area contributed by atoms with Crippen molar-refractivity contribution in [3.05, 3.63) is 46.7 Å². The second kappa shape index (κ2) is 6.28. The van der Waals surface area contributed by atoms with Crippen LogP contribution in [0.2, 0.25) is 5.02 Å². The molecule has 1 atom stereocenters. The first kappa shape index (κ1) is 15.2. The van der Waals surface area contributed by atoms with Crippen molar-refractivity contribution in [2.75, 3.05) is 30.3 Å². The van der Waals surface area contributed by atoms with Crippen LogP contribution in [-0.4, -0.2) is 46.5 Å². The maximum atomic E-state index is 12.7. The Balaban J connectivity index is 1.41. The number of nitrogens with zero attached hydrogens (tertiary/aromatic N) is 3. The molecule has 0 saturated carbocycles. The molecule has 0 aliphatic carbocycles. The summed E-state index contributed by atoms with van der Waals surface area (Å²) in [6, 6.07) is 6.10. The molecule has 4 rings (SSSR count). The lowest BCUT2D eigenvalue weighted by molar-refractivity contribution is 0.0791. The van der Waals surface area contributed by atoms with Gasteiger partial charge >= 0.3 is 0 Å². The third-order valence-corrected chi connectivity index (χ3v) is 4.69. The minimum Gasteiger partial charge on any atom is -0.384 e. The summed E-state index contributed by atoms with van der Waals surface area (Å²) in [4.78, 5) is 22.9. The van der Waals surface area contributed by atoms with Crippen molar-refractivity contribution in [2.24, 2.45) is 0 Å². The first-order chi connectivity index (χ1) is 11.7. The maximum Gasteiger partial charge on any atom is 0.254 e. The first-order valence-corrected chi connectivity index (χ1v) is 8.47. The van der Waals surface area contributed by atoms with Crippen molar-refractivity contribution in [1.29, 1.82) is 0 Å². The zero-order chi connectivity index (χ0) is 16.5. The first-order valence-electron chi connectivity index (χ1n) is 8.09. The molecule has 124 valence electrons. The van der Waals surface area contributed by atoms with Gasteiger partial charge in [-0.25, -0.2) is 9.97 Å². The van der Waals surface area contributed by atoms with Crippen molar-refractivity contribution in [1.82, 2.24) is 14.9 Å². The van der Waals surface area contributed by atoms with E-state index in [0.29, 0.717) is 17.5 Å². The molecule has 2 aromatic rings. The van der Waals surface area contributed by atoms with Gasteiger partial charge in [0, 0.05) is 36.9 Å². The number of carbonyl (C=O) groups excluding carboxylic acids is 1. The molecule has 1 amide bonds. The number of anilines is 2. The van der Waals surface area contributed by atoms with Crippen LogP contribution in [0.25, 0.3) is 0 Å². The number of aromatic nitrogens is 2. The standard InChI is InChI=1S/C17H18ClN5O/c18-13-8-20-17(21-9-13)22-14-4-6-23(10-14)16(24)12-2-1-11-3-5-19-15(11)7-12/h1-2,7-9,14,19H,3-6,10H2,(H,20,21,22)/t14-/m1/s1. The molecule has 1 saturated heterocycles. The van der Waals surface area contributed by atoms with E-state index in [1.165, 1.54) is 5.56 Å². The minimum absolute atomic E-state index is 0.0767. The molecule has 1 aromatic carbocycles. The Kier molecular flexibility index (Phi) is 3.98. The monoisotopic (exact) mass is 343 g/mol. The molecule has 3 heterocycles. The average molecular weight is 344 g/mol. The summed E-state index contributed by atoms with van der Waals surface area (Å²) < 4.78 is 0. The van der Waals surface area contributed by atoms with Crippen LogP contribution in [0.3, 0.4) is 0 Å². The van der Waals surface area contributed by atoms with E-state index in [9.17, 15) is 4.79 Å². The number of likely N-dealkylation sites (tertiary alicyclic amines) is 1. The number of fused-ring (bicyclic) bond motifs is 1. The van der Waals surface area contributed by atoms with Gasteiger partial charge in [0.2, 0.25) is 5.95 Å². The highest BCUT2D eigenvalue weighted by Crippen LogP contribution is 2.25. The highest BCUT2D eigenvalue weighted by atomic mass is 35.5. The minimum atomic E-state index is 0.0767. The molecular weight excluding hydrogens is 326 g/mol. The number of carbonyl (C=O) groups is 1. The van der Waals surface area contributed by atoms with Crippen LogP contribution in [-0.2, 0) is 6.42 Å². The van der Waals surface area contributed by atoms with Crippen molar-refractivity contribution >= 4 is 29.1 Å². The zero-order valence-electron chi connectivity index (χ0n) is 13.1. The largest absolute Gasteiger partial charge is 0.384 e. The van der Waals surface area contributed by atoms with E-state index in [2.05, 4.69) is 26.7 Å². The second-order valence-electron chi connectivity index (χ2n) is 6.15. The van der Waals surface area contributed by atoms with Crippen molar-refractivity contribution in [3.8, 4) is 0 Å². The molecule has 2 aliphatic rings. The third kappa shape index (κ3) is 3.01. The highest BCUT2D eigenvalue weighted by molar-refractivity contribution is 6.30. The fourth-order valence-electron chi connectivity index (χ4n) is 3.24. The van der Waals surface area contributed by atoms with Crippen LogP contribution in [0.1, 0.15) is 22.3 Å². The molecule has 0 unspecified atom stereocenters. The van der Waals surface area contributed by atoms with Gasteiger partial charge in [-0.15, -0.1) is 0 Å². The summed E-state index contributed by atoms with van der Waals surface area (Å²) >= 11 is 5.79. The fraction of sp³-hybridized carbons (Fsp3) is 0.353. The van der Waals surface area contributed by atoms with Crippen LogP contribution in [0, 0.1) is 0 Å². The number of nitrogens with one attached hydrogen (secondary N) is 2. The number of hydrogen-bond donors (Lipinski definition) is 2. The van der Waals surface area contributed by atoms with Crippen molar-refractivity contribution < 1.29 is 4.79 Å². The lowest BCUT2D eigenvalue weighted by atomic mass is 10.1. The van der Waals surface area contributed by atoms with Gasteiger partial charge in [-0.1, -0.05) is 17.7 Å². The van der Waals surface area contributed by atoms with Crippen LogP contribution in [0.5, 0.6) is 0 Å². The lowest BCUT2D eigenvalue weighted by Crippen LogP contribution is -2.31. The number of benzene rings is 1. The molecule has 24 heavy (non-hydrogen) atoms. The van der Waals surface area contributed by atoms with E-state index in [1.807, 2.05) is 17.0 Å². The highest BCUT2D eigenvalue weighted by Gasteiger charge is 2.28. The Morgan fingerprint density at radius 1 is 1.33 bits per heavy atom. The Bertz CT molecular complexity index is 764. The van der Waals surface area contributed by atoms with Crippen LogP contribution < -0.4 is 10.6 Å². The van der Waals surface area contributed by atoms with Gasteiger partial charge in [0.1, 0.15) is 0 Å². The van der Waals surface area contributed by atoms with E-state index in [4.69, 9.17) is 11.6 Å². The molecule has 0 bridgehead atoms. The van der Waals surface area contributed by atoms with E-state index in [1.54, 1.807) is 12.4 Å². The fourth-order valence-corrected chi connectivity index (χ4v) is 3.34. The molecule has 2 N–H and O–H groups in total. The van der Waals surface area contributed by atoms with E-state index < -0.39 is 0 Å². The maximum absolute atomic E-state index is 12.7. The summed E-state index contributed by atoms with van der Waals surface area (Å²) in [5.74, 6) is 0.619. The Morgan fingerprint density at radius 3 is 3.00 bits per heavy atom. The Morgan fingerprint density at radius 2 is 2.17 bits per heavy atom. The Hall–Kier alpha value is -2.34. The van der Waals surface area contributed by atoms with Crippen molar-refractivity contribution in [3.63, 3.8) is 0 Å². The van der Waals surface area contributed by atoms with Gasteiger partial charge < -0.3 is 15.5 Å². The molecule has 0 spiro atoms. The van der Waals surface area contributed by atoms with E-state index in [0.717, 1.165) is 37.2 Å². The van der Waals surface area contributed by atoms with Gasteiger partial charge in [-0.3, -0.25) is 4.79 Å². The van der Waals surface area contributed by atoms with Gasteiger partial charge in [0.05, 0.1) is 17.4 Å². The number of amides is 1. The second-order valence-corrected chi connectivity index (χ2v) is 6.59. The molecule has 6 nitrogen and oxygen atoms in total. The van der Waals surface area contributed by atoms with Gasteiger partial charge in [-0.05, 0) is 30.5 Å².